The molecular formula is C54H109NO4. The van der Waals surface area contributed by atoms with E-state index in [1.165, 1.54) is 257 Å². The summed E-state index contributed by atoms with van der Waals surface area (Å²) < 4.78 is 0. The van der Waals surface area contributed by atoms with Crippen LogP contribution >= 0.6 is 0 Å². The van der Waals surface area contributed by atoms with E-state index in [1.807, 2.05) is 0 Å². The molecule has 0 aliphatic carbocycles. The van der Waals surface area contributed by atoms with Crippen molar-refractivity contribution in [2.75, 3.05) is 6.61 Å². The van der Waals surface area contributed by atoms with Crippen molar-refractivity contribution in [3.8, 4) is 0 Å². The minimum Gasteiger partial charge on any atom is -0.394 e. The third-order valence-corrected chi connectivity index (χ3v) is 13.2. The van der Waals surface area contributed by atoms with E-state index in [9.17, 15) is 20.1 Å². The number of nitrogens with one attached hydrogen (secondary N) is 1. The van der Waals surface area contributed by atoms with Crippen molar-refractivity contribution in [1.82, 2.24) is 5.32 Å². The minimum absolute atomic E-state index is 0.137. The number of hydrogen-bond acceptors (Lipinski definition) is 4. The van der Waals surface area contributed by atoms with Gasteiger partial charge in [0.15, 0.2) is 0 Å². The number of amides is 1. The lowest BCUT2D eigenvalue weighted by molar-refractivity contribution is -0.124. The molecule has 0 aromatic heterocycles. The first-order valence-electron chi connectivity index (χ1n) is 27.3. The lowest BCUT2D eigenvalue weighted by atomic mass is 9.99. The predicted octanol–water partition coefficient (Wildman–Crippen LogP) is 16.6. The van der Waals surface area contributed by atoms with Crippen LogP contribution in [-0.4, -0.2) is 46.1 Å². The Bertz CT molecular complexity index is 792. The van der Waals surface area contributed by atoms with Crippen LogP contribution in [0.2, 0.25) is 0 Å². The second-order valence-electron chi connectivity index (χ2n) is 19.2. The van der Waals surface area contributed by atoms with Gasteiger partial charge >= 0.3 is 0 Å². The molecular weight excluding hydrogens is 727 g/mol. The number of hydrogen-bond donors (Lipinski definition) is 4. The number of rotatable bonds is 51. The van der Waals surface area contributed by atoms with E-state index in [2.05, 4.69) is 19.2 Å². The van der Waals surface area contributed by atoms with Crippen molar-refractivity contribution < 1.29 is 20.1 Å². The second kappa shape index (κ2) is 50.0. The van der Waals surface area contributed by atoms with E-state index < -0.39 is 18.2 Å². The molecule has 0 saturated heterocycles. The molecule has 0 spiro atoms. The number of aliphatic hydroxyl groups is 3. The van der Waals surface area contributed by atoms with Gasteiger partial charge in [0.25, 0.3) is 0 Å². The normalized spacial score (nSPS) is 13.2. The Morgan fingerprint density at radius 1 is 0.356 bits per heavy atom. The number of carbonyl (C=O) groups excluding carboxylic acids is 1. The van der Waals surface area contributed by atoms with Gasteiger partial charge in [0, 0.05) is 6.42 Å². The van der Waals surface area contributed by atoms with E-state index in [0.29, 0.717) is 12.8 Å². The first-order chi connectivity index (χ1) is 29.1. The molecule has 0 heterocycles. The van der Waals surface area contributed by atoms with Gasteiger partial charge in [-0.1, -0.05) is 296 Å². The van der Waals surface area contributed by atoms with Gasteiger partial charge in [-0.15, -0.1) is 0 Å². The zero-order valence-electron chi connectivity index (χ0n) is 40.4. The van der Waals surface area contributed by atoms with Crippen LogP contribution in [0.4, 0.5) is 0 Å². The minimum atomic E-state index is -1.13. The zero-order chi connectivity index (χ0) is 43.0. The van der Waals surface area contributed by atoms with Crippen LogP contribution in [0.25, 0.3) is 0 Å². The van der Waals surface area contributed by atoms with Gasteiger partial charge < -0.3 is 20.6 Å². The quantitative estimate of drug-likeness (QED) is 0.0460. The smallest absolute Gasteiger partial charge is 0.220 e. The maximum Gasteiger partial charge on any atom is 0.220 e. The standard InChI is InChI=1S/C54H109NO4/c1-3-5-7-9-11-13-15-17-19-20-21-22-23-24-25-26-27-28-29-30-31-32-33-34-35-37-39-41-43-45-47-49-53(58)55-51(50-56)54(59)52(57)48-46-44-42-40-38-36-18-16-14-12-10-8-6-4-2/h51-52,54,56-57,59H,3-50H2,1-2H3,(H,55,58)/t51-,52+,54-/m0/s1. The summed E-state index contributed by atoms with van der Waals surface area (Å²) in [6.07, 6.45) is 59.7. The Balaban J connectivity index is 3.44. The highest BCUT2D eigenvalue weighted by atomic mass is 16.3. The van der Waals surface area contributed by atoms with Crippen LogP contribution < -0.4 is 5.32 Å². The Morgan fingerprint density at radius 3 is 0.814 bits per heavy atom. The largest absolute Gasteiger partial charge is 0.394 e. The number of carbonyl (C=O) groups is 1. The molecule has 5 nitrogen and oxygen atoms in total. The summed E-state index contributed by atoms with van der Waals surface area (Å²) in [6.45, 7) is 4.21. The third-order valence-electron chi connectivity index (χ3n) is 13.2. The van der Waals surface area contributed by atoms with E-state index in [1.54, 1.807) is 0 Å². The fraction of sp³-hybridized carbons (Fsp3) is 0.981. The fourth-order valence-electron chi connectivity index (χ4n) is 8.99. The molecule has 0 aromatic carbocycles. The van der Waals surface area contributed by atoms with Crippen LogP contribution in [0.15, 0.2) is 0 Å². The summed E-state index contributed by atoms with van der Waals surface area (Å²) in [7, 11) is 0. The average molecular weight is 836 g/mol. The van der Waals surface area contributed by atoms with E-state index in [-0.39, 0.29) is 12.5 Å². The molecule has 0 aromatic rings. The lowest BCUT2D eigenvalue weighted by Crippen LogP contribution is -2.50. The van der Waals surface area contributed by atoms with Gasteiger partial charge in [0.1, 0.15) is 6.10 Å². The highest BCUT2D eigenvalue weighted by molar-refractivity contribution is 5.76. The van der Waals surface area contributed by atoms with Crippen molar-refractivity contribution in [3.63, 3.8) is 0 Å². The van der Waals surface area contributed by atoms with Crippen LogP contribution in [0, 0.1) is 0 Å². The maximum absolute atomic E-state index is 12.5. The van der Waals surface area contributed by atoms with Gasteiger partial charge in [0.05, 0.1) is 18.8 Å². The molecule has 0 saturated carbocycles. The molecule has 0 bridgehead atoms. The van der Waals surface area contributed by atoms with Crippen LogP contribution in [-0.2, 0) is 4.79 Å². The molecule has 0 unspecified atom stereocenters. The van der Waals surface area contributed by atoms with Crippen LogP contribution in [0.5, 0.6) is 0 Å². The highest BCUT2D eigenvalue weighted by Gasteiger charge is 2.26. The topological polar surface area (TPSA) is 89.8 Å². The maximum atomic E-state index is 12.5. The molecule has 1 amide bonds. The van der Waals surface area contributed by atoms with Crippen molar-refractivity contribution in [1.29, 1.82) is 0 Å². The summed E-state index contributed by atoms with van der Waals surface area (Å²) in [5.74, 6) is -0.137. The molecule has 354 valence electrons. The summed E-state index contributed by atoms with van der Waals surface area (Å²) in [6, 6.07) is -0.803. The van der Waals surface area contributed by atoms with Crippen molar-refractivity contribution >= 4 is 5.91 Å². The molecule has 0 aliphatic rings. The first kappa shape index (κ1) is 58.4. The van der Waals surface area contributed by atoms with E-state index >= 15 is 0 Å². The first-order valence-corrected chi connectivity index (χ1v) is 27.3. The molecule has 0 aliphatic heterocycles. The zero-order valence-corrected chi connectivity index (χ0v) is 40.4. The van der Waals surface area contributed by atoms with E-state index in [4.69, 9.17) is 0 Å². The SMILES string of the molecule is CCCCCCCCCCCCCCCCCCCCCCCCCCCCCCCCCC(=O)N[C@@H](CO)[C@H](O)[C@H](O)CCCCCCCCCCCCCCCC. The van der Waals surface area contributed by atoms with Gasteiger partial charge in [-0.3, -0.25) is 4.79 Å². The number of unbranched alkanes of at least 4 members (excludes halogenated alkanes) is 43. The van der Waals surface area contributed by atoms with Crippen LogP contribution in [0.1, 0.15) is 316 Å². The van der Waals surface area contributed by atoms with Crippen molar-refractivity contribution in [3.05, 3.63) is 0 Å². The monoisotopic (exact) mass is 836 g/mol. The molecule has 59 heavy (non-hydrogen) atoms. The summed E-state index contributed by atoms with van der Waals surface area (Å²) in [5.41, 5.74) is 0. The van der Waals surface area contributed by atoms with E-state index in [0.717, 1.165) is 32.1 Å². The number of aliphatic hydroxyl groups excluding tert-OH is 3. The predicted molar refractivity (Wildman–Crippen MR) is 259 cm³/mol. The van der Waals surface area contributed by atoms with Gasteiger partial charge in [-0.25, -0.2) is 0 Å². The van der Waals surface area contributed by atoms with Gasteiger partial charge in [0.2, 0.25) is 5.91 Å². The summed E-state index contributed by atoms with van der Waals surface area (Å²) >= 11 is 0. The molecule has 3 atom stereocenters. The summed E-state index contributed by atoms with van der Waals surface area (Å²) in [5, 5.41) is 33.7. The fourth-order valence-corrected chi connectivity index (χ4v) is 8.99. The molecule has 4 N–H and O–H groups in total. The highest BCUT2D eigenvalue weighted by Crippen LogP contribution is 2.18. The molecule has 0 rings (SSSR count). The van der Waals surface area contributed by atoms with Gasteiger partial charge in [-0.05, 0) is 12.8 Å². The van der Waals surface area contributed by atoms with Crippen LogP contribution in [0.3, 0.4) is 0 Å². The lowest BCUT2D eigenvalue weighted by Gasteiger charge is -2.26. The Hall–Kier alpha value is -0.650. The molecule has 0 fully saturated rings. The Morgan fingerprint density at radius 2 is 0.576 bits per heavy atom. The average Bonchev–Trinajstić information content (AvgIpc) is 3.24. The Labute approximate surface area is 370 Å². The van der Waals surface area contributed by atoms with Crippen molar-refractivity contribution in [2.24, 2.45) is 0 Å². The third kappa shape index (κ3) is 45.2. The van der Waals surface area contributed by atoms with Gasteiger partial charge in [-0.2, -0.15) is 0 Å². The second-order valence-corrected chi connectivity index (χ2v) is 19.2. The Kier molecular flexibility index (Phi) is 49.4. The molecule has 5 heteroatoms. The van der Waals surface area contributed by atoms with Crippen molar-refractivity contribution in [2.45, 2.75) is 334 Å². The molecule has 0 radical (unpaired) electrons. The summed E-state index contributed by atoms with van der Waals surface area (Å²) in [4.78, 5) is 12.5.